The molecule has 37 heavy (non-hydrogen) atoms. The number of carbonyl (C=O) groups excluding carboxylic acids is 1. The van der Waals surface area contributed by atoms with Crippen LogP contribution >= 0.6 is 0 Å². The van der Waals surface area contributed by atoms with E-state index >= 15 is 0 Å². The summed E-state index contributed by atoms with van der Waals surface area (Å²) in [5.41, 5.74) is 4.46. The van der Waals surface area contributed by atoms with Crippen molar-refractivity contribution in [2.75, 3.05) is 11.9 Å². The van der Waals surface area contributed by atoms with Crippen LogP contribution in [0.1, 0.15) is 108 Å². The molecule has 0 aromatic heterocycles. The van der Waals surface area contributed by atoms with Crippen molar-refractivity contribution in [3.8, 4) is 0 Å². The molecule has 2 amide bonds. The molecule has 0 radical (unpaired) electrons. The normalized spacial score (nSPS) is 18.9. The molecular formula is C33H48N2O2. The summed E-state index contributed by atoms with van der Waals surface area (Å²) in [5.74, 6) is 0.687. The fraction of sp³-hybridized carbons (Fsp3) is 0.606. The van der Waals surface area contributed by atoms with Crippen LogP contribution in [0, 0.1) is 5.92 Å². The van der Waals surface area contributed by atoms with Crippen molar-refractivity contribution < 1.29 is 9.90 Å². The predicted molar refractivity (Wildman–Crippen MR) is 154 cm³/mol. The average Bonchev–Trinajstić information content (AvgIpc) is 3.37. The van der Waals surface area contributed by atoms with Gasteiger partial charge in [0.2, 0.25) is 0 Å². The summed E-state index contributed by atoms with van der Waals surface area (Å²) in [6, 6.07) is 17.0. The molecule has 0 saturated heterocycles. The Kier molecular flexibility index (Phi) is 9.34. The zero-order chi connectivity index (χ0) is 26.3. The Hall–Kier alpha value is -2.33. The van der Waals surface area contributed by atoms with Gasteiger partial charge in [-0.3, -0.25) is 0 Å². The van der Waals surface area contributed by atoms with Gasteiger partial charge in [-0.15, -0.1) is 0 Å². The molecule has 2 aromatic carbocycles. The summed E-state index contributed by atoms with van der Waals surface area (Å²) in [4.78, 5) is 13.2. The van der Waals surface area contributed by atoms with Crippen molar-refractivity contribution in [1.29, 1.82) is 0 Å². The van der Waals surface area contributed by atoms with Crippen LogP contribution in [-0.2, 0) is 17.3 Å². The largest absolute Gasteiger partial charge is 0.393 e. The quantitative estimate of drug-likeness (QED) is 0.325. The molecule has 2 fully saturated rings. The Labute approximate surface area is 224 Å². The fourth-order valence-electron chi connectivity index (χ4n) is 6.59. The number of nitrogens with one attached hydrogen (secondary N) is 2. The highest BCUT2D eigenvalue weighted by molar-refractivity contribution is 5.90. The van der Waals surface area contributed by atoms with Gasteiger partial charge in [-0.25, -0.2) is 4.79 Å². The number of hydrogen-bond acceptors (Lipinski definition) is 2. The highest BCUT2D eigenvalue weighted by Gasteiger charge is 2.35. The number of rotatable bonds is 9. The number of hydrogen-bond donors (Lipinski definition) is 3. The van der Waals surface area contributed by atoms with Crippen molar-refractivity contribution in [2.24, 2.45) is 5.92 Å². The lowest BCUT2D eigenvalue weighted by Crippen LogP contribution is -2.41. The highest BCUT2D eigenvalue weighted by atomic mass is 16.3. The number of aliphatic hydroxyl groups is 1. The number of urea groups is 1. The second-order valence-corrected chi connectivity index (χ2v) is 12.7. The number of aliphatic hydroxyl groups excluding tert-OH is 1. The maximum absolute atomic E-state index is 13.2. The molecule has 1 atom stereocenters. The molecule has 2 aromatic rings. The molecule has 4 heteroatoms. The van der Waals surface area contributed by atoms with E-state index in [1.54, 1.807) is 0 Å². The molecule has 2 aliphatic rings. The monoisotopic (exact) mass is 504 g/mol. The van der Waals surface area contributed by atoms with Gasteiger partial charge >= 0.3 is 6.03 Å². The molecule has 2 saturated carbocycles. The van der Waals surface area contributed by atoms with Gasteiger partial charge in [0.05, 0.1) is 6.10 Å². The number of amides is 2. The van der Waals surface area contributed by atoms with E-state index in [2.05, 4.69) is 79.9 Å². The highest BCUT2D eigenvalue weighted by Crippen LogP contribution is 2.40. The van der Waals surface area contributed by atoms with Gasteiger partial charge in [-0.1, -0.05) is 108 Å². The molecule has 4 rings (SSSR count). The first-order valence-electron chi connectivity index (χ1n) is 14.7. The van der Waals surface area contributed by atoms with Gasteiger partial charge in [-0.05, 0) is 66.2 Å². The Morgan fingerprint density at radius 2 is 1.70 bits per heavy atom. The third-order valence-electron chi connectivity index (χ3n) is 8.77. The Morgan fingerprint density at radius 1 is 1.00 bits per heavy atom. The number of aryl methyl sites for hydroxylation is 1. The van der Waals surface area contributed by atoms with Crippen molar-refractivity contribution in [1.82, 2.24) is 5.32 Å². The Balaban J connectivity index is 1.39. The third-order valence-corrected chi connectivity index (χ3v) is 8.77. The minimum absolute atomic E-state index is 0.0295. The molecule has 0 heterocycles. The summed E-state index contributed by atoms with van der Waals surface area (Å²) in [6.07, 6.45) is 13.4. The third kappa shape index (κ3) is 7.60. The van der Waals surface area contributed by atoms with Crippen molar-refractivity contribution in [3.05, 3.63) is 65.2 Å². The van der Waals surface area contributed by atoms with Gasteiger partial charge < -0.3 is 15.7 Å². The smallest absolute Gasteiger partial charge is 0.319 e. The Bertz CT molecular complexity index is 999. The van der Waals surface area contributed by atoms with E-state index in [0.29, 0.717) is 12.5 Å². The zero-order valence-corrected chi connectivity index (χ0v) is 23.3. The lowest BCUT2D eigenvalue weighted by atomic mass is 9.79. The van der Waals surface area contributed by atoms with Crippen LogP contribution in [0.3, 0.4) is 0 Å². The molecule has 0 aliphatic heterocycles. The first-order valence-corrected chi connectivity index (χ1v) is 14.7. The summed E-state index contributed by atoms with van der Waals surface area (Å²) >= 11 is 0. The second kappa shape index (κ2) is 12.5. The van der Waals surface area contributed by atoms with E-state index in [9.17, 15) is 9.90 Å². The minimum atomic E-state index is -0.245. The molecule has 4 nitrogen and oxygen atoms in total. The van der Waals surface area contributed by atoms with Gasteiger partial charge in [0.15, 0.2) is 0 Å². The van der Waals surface area contributed by atoms with Crippen molar-refractivity contribution >= 4 is 11.7 Å². The van der Waals surface area contributed by atoms with Crippen LogP contribution in [0.15, 0.2) is 48.5 Å². The molecule has 3 N–H and O–H groups in total. The number of benzene rings is 2. The minimum Gasteiger partial charge on any atom is -0.393 e. The van der Waals surface area contributed by atoms with E-state index in [1.165, 1.54) is 56.1 Å². The van der Waals surface area contributed by atoms with E-state index in [4.69, 9.17) is 0 Å². The van der Waals surface area contributed by atoms with E-state index in [-0.39, 0.29) is 23.0 Å². The first-order chi connectivity index (χ1) is 17.7. The summed E-state index contributed by atoms with van der Waals surface area (Å²) in [6.45, 7) is 7.20. The maximum Gasteiger partial charge on any atom is 0.319 e. The zero-order valence-electron chi connectivity index (χ0n) is 23.3. The van der Waals surface area contributed by atoms with Crippen LogP contribution in [0.2, 0.25) is 0 Å². The van der Waals surface area contributed by atoms with Gasteiger partial charge in [0.25, 0.3) is 0 Å². The van der Waals surface area contributed by atoms with Gasteiger partial charge in [0, 0.05) is 17.6 Å². The average molecular weight is 505 g/mol. The number of carbonyl (C=O) groups is 1. The lowest BCUT2D eigenvalue weighted by Gasteiger charge is -2.30. The topological polar surface area (TPSA) is 61.4 Å². The summed E-state index contributed by atoms with van der Waals surface area (Å²) in [7, 11) is 0. The lowest BCUT2D eigenvalue weighted by molar-refractivity contribution is 0.122. The Morgan fingerprint density at radius 3 is 2.38 bits per heavy atom. The van der Waals surface area contributed by atoms with Crippen LogP contribution in [-0.4, -0.2) is 23.8 Å². The molecule has 2 aliphatic carbocycles. The van der Waals surface area contributed by atoms with E-state index in [1.807, 2.05) is 0 Å². The van der Waals surface area contributed by atoms with Crippen LogP contribution in [0.4, 0.5) is 10.5 Å². The number of anilines is 1. The van der Waals surface area contributed by atoms with Gasteiger partial charge in [-0.2, -0.15) is 0 Å². The van der Waals surface area contributed by atoms with Crippen molar-refractivity contribution in [2.45, 2.75) is 115 Å². The molecule has 0 spiro atoms. The SMILES string of the molecule is CC(C)(C)c1ccc(CCC(O)CC2CCCCC2)cc1NC(=O)NCC1(c2ccccc2)CCCC1. The van der Waals surface area contributed by atoms with Crippen molar-refractivity contribution in [3.63, 3.8) is 0 Å². The van der Waals surface area contributed by atoms with Crippen LogP contribution in [0.5, 0.6) is 0 Å². The van der Waals surface area contributed by atoms with E-state index < -0.39 is 0 Å². The first kappa shape index (κ1) is 27.7. The standard InChI is InChI=1S/C33H48N2O2/c1-32(2,3)29-19-17-26(16-18-28(36)22-25-12-6-4-7-13-25)23-30(29)35-31(37)34-24-33(20-10-11-21-33)27-14-8-5-9-15-27/h5,8-9,14-15,17,19,23,25,28,36H,4,6-7,10-13,16,18,20-22,24H2,1-3H3,(H2,34,35,37). The van der Waals surface area contributed by atoms with E-state index in [0.717, 1.165) is 43.4 Å². The maximum atomic E-state index is 13.2. The van der Waals surface area contributed by atoms with Crippen LogP contribution in [0.25, 0.3) is 0 Å². The second-order valence-electron chi connectivity index (χ2n) is 12.7. The summed E-state index contributed by atoms with van der Waals surface area (Å²) in [5, 5.41) is 17.1. The fourth-order valence-corrected chi connectivity index (χ4v) is 6.59. The molecular weight excluding hydrogens is 456 g/mol. The molecule has 0 bridgehead atoms. The molecule has 202 valence electrons. The predicted octanol–water partition coefficient (Wildman–Crippen LogP) is 7.88. The van der Waals surface area contributed by atoms with Crippen LogP contribution < -0.4 is 10.6 Å². The van der Waals surface area contributed by atoms with Gasteiger partial charge in [0.1, 0.15) is 0 Å². The summed E-state index contributed by atoms with van der Waals surface area (Å²) < 4.78 is 0. The molecule has 1 unspecified atom stereocenters.